The van der Waals surface area contributed by atoms with Crippen LogP contribution in [0.5, 0.6) is 0 Å². The number of aliphatic hydroxyl groups is 2. The van der Waals surface area contributed by atoms with E-state index in [1.807, 2.05) is 0 Å². The molecule has 0 amide bonds. The molecule has 0 fully saturated rings. The number of aliphatic hydroxyl groups excluding tert-OH is 2. The van der Waals surface area contributed by atoms with E-state index in [0.29, 0.717) is 0 Å². The molecule has 0 aliphatic carbocycles. The van der Waals surface area contributed by atoms with Crippen molar-refractivity contribution in [2.45, 2.75) is 12.2 Å². The Labute approximate surface area is 103 Å². The first-order chi connectivity index (χ1) is 8.70. The van der Waals surface area contributed by atoms with Gasteiger partial charge >= 0.3 is 0 Å². The van der Waals surface area contributed by atoms with Crippen LogP contribution in [0.15, 0.2) is 10.2 Å². The molecule has 0 heterocycles. The van der Waals surface area contributed by atoms with Gasteiger partial charge < -0.3 is 19.7 Å². The maximum Gasteiger partial charge on any atom is 0.0829 e. The summed E-state index contributed by atoms with van der Waals surface area (Å²) in [7, 11) is 0. The minimum Gasteiger partial charge on any atom is -0.391 e. The van der Waals surface area contributed by atoms with E-state index in [2.05, 4.69) is 20.1 Å². The van der Waals surface area contributed by atoms with Gasteiger partial charge in [0, 0.05) is 9.82 Å². The second kappa shape index (κ2) is 11.9. The molecule has 0 saturated heterocycles. The Hall–Kier alpha value is -1.54. The van der Waals surface area contributed by atoms with Crippen LogP contribution in [0, 0.1) is 0 Å². The lowest BCUT2D eigenvalue weighted by Gasteiger charge is -2.10. The topological polar surface area (TPSA) is 156 Å². The van der Waals surface area contributed by atoms with Gasteiger partial charge in [0.2, 0.25) is 0 Å². The van der Waals surface area contributed by atoms with E-state index >= 15 is 0 Å². The van der Waals surface area contributed by atoms with Crippen molar-refractivity contribution in [1.82, 2.24) is 0 Å². The molecule has 0 aromatic rings. The van der Waals surface area contributed by atoms with Crippen molar-refractivity contribution in [2.24, 2.45) is 10.2 Å². The van der Waals surface area contributed by atoms with E-state index in [1.54, 1.807) is 0 Å². The molecule has 102 valence electrons. The summed E-state index contributed by atoms with van der Waals surface area (Å²) in [5.74, 6) is 0. The van der Waals surface area contributed by atoms with Crippen LogP contribution < -0.4 is 0 Å². The molecule has 0 aliphatic rings. The molecule has 2 unspecified atom stereocenters. The molecule has 2 N–H and O–H groups in total. The summed E-state index contributed by atoms with van der Waals surface area (Å²) in [6.45, 7) is 0.487. The van der Waals surface area contributed by atoms with Gasteiger partial charge in [0.05, 0.1) is 51.7 Å². The lowest BCUT2D eigenvalue weighted by molar-refractivity contribution is -0.0133. The third kappa shape index (κ3) is 11.0. The van der Waals surface area contributed by atoms with Crippen LogP contribution in [0.2, 0.25) is 0 Å². The van der Waals surface area contributed by atoms with Crippen molar-refractivity contribution in [1.29, 1.82) is 0 Å². The van der Waals surface area contributed by atoms with Gasteiger partial charge in [-0.3, -0.25) is 0 Å². The maximum absolute atomic E-state index is 9.20. The monoisotopic (exact) mass is 260 g/mol. The van der Waals surface area contributed by atoms with Gasteiger partial charge in [-0.1, -0.05) is 10.2 Å². The second-order valence-corrected chi connectivity index (χ2v) is 3.28. The smallest absolute Gasteiger partial charge is 0.0829 e. The molecular weight excluding hydrogens is 244 g/mol. The summed E-state index contributed by atoms with van der Waals surface area (Å²) in [6, 6.07) is 0. The fraction of sp³-hybridized carbons (Fsp3) is 1.00. The molecular formula is C8H16N6O4. The summed E-state index contributed by atoms with van der Waals surface area (Å²) in [6.07, 6.45) is -1.67. The van der Waals surface area contributed by atoms with Gasteiger partial charge in [0.25, 0.3) is 0 Å². The normalized spacial score (nSPS) is 13.2. The largest absolute Gasteiger partial charge is 0.391 e. The van der Waals surface area contributed by atoms with Crippen molar-refractivity contribution in [3.05, 3.63) is 20.9 Å². The van der Waals surface area contributed by atoms with Gasteiger partial charge in [-0.25, -0.2) is 0 Å². The highest BCUT2D eigenvalue weighted by Gasteiger charge is 2.03. The Kier molecular flexibility index (Phi) is 10.9. The third-order valence-corrected chi connectivity index (χ3v) is 1.70. The first kappa shape index (κ1) is 16.5. The number of rotatable bonds is 11. The molecule has 10 nitrogen and oxygen atoms in total. The van der Waals surface area contributed by atoms with Crippen molar-refractivity contribution in [3.8, 4) is 0 Å². The molecule has 0 saturated carbocycles. The van der Waals surface area contributed by atoms with Crippen LogP contribution in [0.4, 0.5) is 0 Å². The summed E-state index contributed by atoms with van der Waals surface area (Å²) in [5.41, 5.74) is 16.0. The lowest BCUT2D eigenvalue weighted by atomic mass is 10.4. The second-order valence-electron chi connectivity index (χ2n) is 3.28. The van der Waals surface area contributed by atoms with Crippen LogP contribution >= 0.6 is 0 Å². The van der Waals surface area contributed by atoms with Gasteiger partial charge in [-0.2, -0.15) is 0 Å². The predicted molar refractivity (Wildman–Crippen MR) is 61.7 cm³/mol. The lowest BCUT2D eigenvalue weighted by Crippen LogP contribution is -2.22. The zero-order valence-corrected chi connectivity index (χ0v) is 9.79. The minimum atomic E-state index is -0.837. The predicted octanol–water partition coefficient (Wildman–Crippen LogP) is 0.362. The Balaban J connectivity index is 3.34. The Morgan fingerprint density at radius 1 is 0.889 bits per heavy atom. The third-order valence-electron chi connectivity index (χ3n) is 1.70. The maximum atomic E-state index is 9.20. The molecule has 0 spiro atoms. The van der Waals surface area contributed by atoms with Crippen LogP contribution in [0.25, 0.3) is 20.9 Å². The standard InChI is InChI=1S/C8H16N6O4/c9-13-11-3-7(15)5-17-1-2-18-6-8(16)4-12-14-10/h7-8,15-16H,1-6H2. The van der Waals surface area contributed by atoms with Crippen LogP contribution in [-0.2, 0) is 9.47 Å². The molecule has 10 heteroatoms. The van der Waals surface area contributed by atoms with Gasteiger partial charge in [-0.15, -0.1) is 0 Å². The van der Waals surface area contributed by atoms with Crippen LogP contribution in [0.1, 0.15) is 0 Å². The molecule has 0 bridgehead atoms. The number of ether oxygens (including phenoxy) is 2. The van der Waals surface area contributed by atoms with E-state index in [9.17, 15) is 10.2 Å². The van der Waals surface area contributed by atoms with Crippen molar-refractivity contribution in [2.75, 3.05) is 39.5 Å². The molecule has 2 atom stereocenters. The average Bonchev–Trinajstić information content (AvgIpc) is 2.37. The quantitative estimate of drug-likeness (QED) is 0.238. The van der Waals surface area contributed by atoms with Gasteiger partial charge in [-0.05, 0) is 11.1 Å². The average molecular weight is 260 g/mol. The fourth-order valence-electron chi connectivity index (χ4n) is 0.924. The summed E-state index contributed by atoms with van der Waals surface area (Å²) < 4.78 is 10.1. The first-order valence-corrected chi connectivity index (χ1v) is 5.24. The highest BCUT2D eigenvalue weighted by Crippen LogP contribution is 1.90. The highest BCUT2D eigenvalue weighted by atomic mass is 16.5. The van der Waals surface area contributed by atoms with Crippen molar-refractivity contribution < 1.29 is 19.7 Å². The fourth-order valence-corrected chi connectivity index (χ4v) is 0.924. The minimum absolute atomic E-state index is 0.0394. The van der Waals surface area contributed by atoms with Crippen LogP contribution in [0.3, 0.4) is 0 Å². The van der Waals surface area contributed by atoms with E-state index in [-0.39, 0.29) is 39.5 Å². The highest BCUT2D eigenvalue weighted by molar-refractivity contribution is 4.59. The molecule has 0 aromatic heterocycles. The molecule has 18 heavy (non-hydrogen) atoms. The number of hydrogen-bond donors (Lipinski definition) is 2. The van der Waals surface area contributed by atoms with Crippen molar-refractivity contribution in [3.63, 3.8) is 0 Å². The molecule has 0 radical (unpaired) electrons. The summed E-state index contributed by atoms with van der Waals surface area (Å²) >= 11 is 0. The Morgan fingerprint density at radius 2 is 1.28 bits per heavy atom. The summed E-state index contributed by atoms with van der Waals surface area (Å²) in [5, 5.41) is 24.8. The van der Waals surface area contributed by atoms with E-state index in [1.165, 1.54) is 0 Å². The number of hydrogen-bond acceptors (Lipinski definition) is 6. The zero-order valence-electron chi connectivity index (χ0n) is 9.79. The molecule has 0 aromatic carbocycles. The Bertz CT molecular complexity index is 272. The van der Waals surface area contributed by atoms with E-state index in [4.69, 9.17) is 20.5 Å². The number of azide groups is 2. The Morgan fingerprint density at radius 3 is 1.61 bits per heavy atom. The molecule has 0 aliphatic heterocycles. The van der Waals surface area contributed by atoms with Gasteiger partial charge in [0.1, 0.15) is 0 Å². The van der Waals surface area contributed by atoms with Crippen molar-refractivity contribution >= 4 is 0 Å². The van der Waals surface area contributed by atoms with E-state index in [0.717, 1.165) is 0 Å². The first-order valence-electron chi connectivity index (χ1n) is 5.24. The number of nitrogens with zero attached hydrogens (tertiary/aromatic N) is 6. The van der Waals surface area contributed by atoms with E-state index < -0.39 is 12.2 Å². The zero-order chi connectivity index (χ0) is 13.6. The van der Waals surface area contributed by atoms with Crippen LogP contribution in [-0.4, -0.2) is 61.9 Å². The summed E-state index contributed by atoms with van der Waals surface area (Å²) in [4.78, 5) is 5.00. The molecule has 0 rings (SSSR count). The van der Waals surface area contributed by atoms with Gasteiger partial charge in [0.15, 0.2) is 0 Å². The SMILES string of the molecule is [N-]=[N+]=NCC(O)COCCOCC(O)CN=[N+]=[N-].